The van der Waals surface area contributed by atoms with Crippen LogP contribution in [-0.4, -0.2) is 18.6 Å². The molecule has 0 spiro atoms. The minimum absolute atomic E-state index is 0.190. The van der Waals surface area contributed by atoms with Gasteiger partial charge in [-0.1, -0.05) is 65.0 Å². The summed E-state index contributed by atoms with van der Waals surface area (Å²) >= 11 is 8.54. The monoisotopic (exact) mass is 397 g/mol. The maximum atomic E-state index is 12.2. The van der Waals surface area contributed by atoms with E-state index < -0.39 is 10.0 Å². The minimum Gasteiger partial charge on any atom is -0.253 e. The number of hydrogen-bond donors (Lipinski definition) is 1. The predicted molar refractivity (Wildman–Crippen MR) is 98.2 cm³/mol. The number of anilines is 1. The molecule has 9 heteroatoms. The fraction of sp³-hybridized carbons (Fsp3) is 0.0667. The molecule has 5 nitrogen and oxygen atoms in total. The van der Waals surface area contributed by atoms with Gasteiger partial charge in [-0.15, -0.1) is 10.2 Å². The molecule has 124 valence electrons. The first-order valence-corrected chi connectivity index (χ1v) is 10.5. The first-order valence-electron chi connectivity index (χ1n) is 6.81. The lowest BCUT2D eigenvalue weighted by Gasteiger charge is -2.03. The zero-order valence-corrected chi connectivity index (χ0v) is 15.4. The van der Waals surface area contributed by atoms with Crippen molar-refractivity contribution in [2.45, 2.75) is 15.0 Å². The van der Waals surface area contributed by atoms with Gasteiger partial charge in [0.2, 0.25) is 5.13 Å². The van der Waals surface area contributed by atoms with E-state index in [9.17, 15) is 8.42 Å². The van der Waals surface area contributed by atoms with Crippen molar-refractivity contribution in [2.24, 2.45) is 0 Å². The third-order valence-corrected chi connectivity index (χ3v) is 6.74. The van der Waals surface area contributed by atoms with Crippen LogP contribution in [0.25, 0.3) is 0 Å². The second-order valence-corrected chi connectivity index (χ2v) is 9.03. The average Bonchev–Trinajstić information content (AvgIpc) is 3.02. The third-order valence-electron chi connectivity index (χ3n) is 2.96. The van der Waals surface area contributed by atoms with Crippen molar-refractivity contribution >= 4 is 49.9 Å². The molecule has 1 heterocycles. The molecule has 1 aromatic heterocycles. The summed E-state index contributed by atoms with van der Waals surface area (Å²) in [6.07, 6.45) is 0. The second-order valence-electron chi connectivity index (χ2n) is 4.71. The molecule has 0 amide bonds. The lowest BCUT2D eigenvalue weighted by Crippen LogP contribution is -2.12. The number of nitrogens with one attached hydrogen (secondary N) is 1. The maximum absolute atomic E-state index is 12.2. The van der Waals surface area contributed by atoms with Crippen LogP contribution in [0.3, 0.4) is 0 Å². The normalized spacial score (nSPS) is 11.4. The van der Waals surface area contributed by atoms with Crippen LogP contribution in [0.4, 0.5) is 5.13 Å². The Kier molecular flexibility index (Phi) is 5.40. The number of rotatable bonds is 6. The van der Waals surface area contributed by atoms with Crippen LogP contribution in [0.5, 0.6) is 0 Å². The number of hydrogen-bond acceptors (Lipinski definition) is 6. The smallest absolute Gasteiger partial charge is 0.253 e. The molecule has 0 aliphatic rings. The Labute approximate surface area is 153 Å². The van der Waals surface area contributed by atoms with Crippen molar-refractivity contribution in [3.8, 4) is 0 Å². The second kappa shape index (κ2) is 7.52. The predicted octanol–water partition coefficient (Wildman–Crippen LogP) is 4.28. The van der Waals surface area contributed by atoms with Gasteiger partial charge in [0.15, 0.2) is 4.34 Å². The van der Waals surface area contributed by atoms with Crippen LogP contribution < -0.4 is 4.72 Å². The van der Waals surface area contributed by atoms with E-state index >= 15 is 0 Å². The number of benzene rings is 2. The summed E-state index contributed by atoms with van der Waals surface area (Å²) in [7, 11) is -3.64. The topological polar surface area (TPSA) is 72.0 Å². The molecule has 0 atom stereocenters. The molecule has 0 fully saturated rings. The van der Waals surface area contributed by atoms with Crippen molar-refractivity contribution in [3.05, 3.63) is 65.2 Å². The number of aromatic nitrogens is 2. The molecule has 0 bridgehead atoms. The zero-order valence-electron chi connectivity index (χ0n) is 12.2. The Balaban J connectivity index is 1.64. The Morgan fingerprint density at radius 1 is 1.04 bits per heavy atom. The van der Waals surface area contributed by atoms with E-state index in [1.54, 1.807) is 18.2 Å². The maximum Gasteiger partial charge on any atom is 0.263 e. The Morgan fingerprint density at radius 2 is 1.75 bits per heavy atom. The van der Waals surface area contributed by atoms with E-state index in [1.165, 1.54) is 35.2 Å². The van der Waals surface area contributed by atoms with Gasteiger partial charge in [-0.2, -0.15) is 0 Å². The summed E-state index contributed by atoms with van der Waals surface area (Å²) in [4.78, 5) is 0.190. The molecule has 3 rings (SSSR count). The van der Waals surface area contributed by atoms with Gasteiger partial charge in [-0.3, -0.25) is 4.72 Å². The summed E-state index contributed by atoms with van der Waals surface area (Å²) in [6, 6.07) is 15.7. The van der Waals surface area contributed by atoms with E-state index in [2.05, 4.69) is 14.9 Å². The van der Waals surface area contributed by atoms with Gasteiger partial charge in [-0.05, 0) is 29.8 Å². The average molecular weight is 398 g/mol. The van der Waals surface area contributed by atoms with Crippen molar-refractivity contribution < 1.29 is 8.42 Å². The van der Waals surface area contributed by atoms with E-state index in [4.69, 9.17) is 11.6 Å². The number of halogens is 1. The van der Waals surface area contributed by atoms with Crippen LogP contribution >= 0.6 is 34.7 Å². The summed E-state index contributed by atoms with van der Waals surface area (Å²) in [5.41, 5.74) is 1.10. The van der Waals surface area contributed by atoms with Gasteiger partial charge >= 0.3 is 0 Å². The molecule has 0 unspecified atom stereocenters. The van der Waals surface area contributed by atoms with Crippen molar-refractivity contribution in [1.29, 1.82) is 0 Å². The molecule has 1 N–H and O–H groups in total. The van der Waals surface area contributed by atoms with Gasteiger partial charge in [0.1, 0.15) is 0 Å². The summed E-state index contributed by atoms with van der Waals surface area (Å²) in [6.45, 7) is 0. The highest BCUT2D eigenvalue weighted by Crippen LogP contribution is 2.29. The Hall–Kier alpha value is -1.61. The van der Waals surface area contributed by atoms with Crippen molar-refractivity contribution in [2.75, 3.05) is 4.72 Å². The highest BCUT2D eigenvalue weighted by atomic mass is 35.5. The Morgan fingerprint density at radius 3 is 2.46 bits per heavy atom. The van der Waals surface area contributed by atoms with Crippen LogP contribution in [0.15, 0.2) is 63.8 Å². The van der Waals surface area contributed by atoms with E-state index in [0.717, 1.165) is 5.56 Å². The Bertz CT molecular complexity index is 913. The van der Waals surface area contributed by atoms with Crippen LogP contribution in [0.1, 0.15) is 5.56 Å². The molecule has 0 aliphatic heterocycles. The highest BCUT2D eigenvalue weighted by molar-refractivity contribution is 8.00. The molecular formula is C15H12ClN3O2S3. The van der Waals surface area contributed by atoms with Crippen molar-refractivity contribution in [3.63, 3.8) is 0 Å². The largest absolute Gasteiger partial charge is 0.263 e. The fourth-order valence-corrected chi connectivity index (χ4v) is 4.89. The first kappa shape index (κ1) is 17.2. The van der Waals surface area contributed by atoms with Gasteiger partial charge < -0.3 is 0 Å². The van der Waals surface area contributed by atoms with Gasteiger partial charge in [0.25, 0.3) is 10.0 Å². The van der Waals surface area contributed by atoms with E-state index in [0.29, 0.717) is 15.1 Å². The number of nitrogens with zero attached hydrogens (tertiary/aromatic N) is 2. The molecule has 0 saturated heterocycles. The quantitative estimate of drug-likeness (QED) is 0.628. The van der Waals surface area contributed by atoms with Crippen LogP contribution in [0, 0.1) is 0 Å². The summed E-state index contributed by atoms with van der Waals surface area (Å²) < 4.78 is 27.6. The lowest BCUT2D eigenvalue weighted by atomic mass is 10.2. The molecular weight excluding hydrogens is 386 g/mol. The first-order chi connectivity index (χ1) is 11.5. The molecule has 24 heavy (non-hydrogen) atoms. The molecule has 2 aromatic carbocycles. The zero-order chi connectivity index (χ0) is 17.0. The lowest BCUT2D eigenvalue weighted by molar-refractivity contribution is 0.601. The summed E-state index contributed by atoms with van der Waals surface area (Å²) in [5, 5.41) is 8.83. The number of sulfonamides is 1. The van der Waals surface area contributed by atoms with Gasteiger partial charge in [0, 0.05) is 10.8 Å². The van der Waals surface area contributed by atoms with Gasteiger partial charge in [-0.25, -0.2) is 8.42 Å². The standard InChI is InChI=1S/C15H12ClN3O2S3/c16-12-8-6-11(7-9-12)10-22-15-18-17-14(23-15)19-24(20,21)13-4-2-1-3-5-13/h1-9H,10H2,(H,17,19). The van der Waals surface area contributed by atoms with Crippen molar-refractivity contribution in [1.82, 2.24) is 10.2 Å². The highest BCUT2D eigenvalue weighted by Gasteiger charge is 2.16. The van der Waals surface area contributed by atoms with Crippen LogP contribution in [0.2, 0.25) is 5.02 Å². The molecule has 0 radical (unpaired) electrons. The number of thioether (sulfide) groups is 1. The molecule has 0 aliphatic carbocycles. The SMILES string of the molecule is O=S(=O)(Nc1nnc(SCc2ccc(Cl)cc2)s1)c1ccccc1. The van der Waals surface area contributed by atoms with Crippen LogP contribution in [-0.2, 0) is 15.8 Å². The minimum atomic E-state index is -3.64. The third kappa shape index (κ3) is 4.47. The van der Waals surface area contributed by atoms with E-state index in [1.807, 2.05) is 24.3 Å². The molecule has 3 aromatic rings. The van der Waals surface area contributed by atoms with E-state index in [-0.39, 0.29) is 10.0 Å². The summed E-state index contributed by atoms with van der Waals surface area (Å²) in [5.74, 6) is 0.706. The van der Waals surface area contributed by atoms with Gasteiger partial charge in [0.05, 0.1) is 4.90 Å². The fourth-order valence-electron chi connectivity index (χ4n) is 1.81. The molecule has 0 saturated carbocycles.